The van der Waals surface area contributed by atoms with E-state index in [0.29, 0.717) is 6.61 Å². The standard InChI is InChI=1S/C12H18ClNO/c1-8(2)15-7-12(14)11-6-10(13)5-4-9(11)3/h4-6,8,12H,7,14H2,1-3H3. The zero-order chi connectivity index (χ0) is 11.4. The van der Waals surface area contributed by atoms with Crippen LogP contribution < -0.4 is 5.73 Å². The normalized spacial score (nSPS) is 13.2. The second-order valence-electron chi connectivity index (χ2n) is 3.99. The summed E-state index contributed by atoms with van der Waals surface area (Å²) in [5.41, 5.74) is 8.24. The average molecular weight is 228 g/mol. The van der Waals surface area contributed by atoms with Crippen molar-refractivity contribution in [1.29, 1.82) is 0 Å². The first-order chi connectivity index (χ1) is 7.00. The summed E-state index contributed by atoms with van der Waals surface area (Å²) in [4.78, 5) is 0. The van der Waals surface area contributed by atoms with E-state index in [9.17, 15) is 0 Å². The number of hydrogen-bond donors (Lipinski definition) is 1. The van der Waals surface area contributed by atoms with Gasteiger partial charge in [-0.25, -0.2) is 0 Å². The molecule has 3 heteroatoms. The van der Waals surface area contributed by atoms with E-state index in [0.717, 1.165) is 16.1 Å². The first kappa shape index (κ1) is 12.5. The van der Waals surface area contributed by atoms with E-state index >= 15 is 0 Å². The van der Waals surface area contributed by atoms with E-state index in [-0.39, 0.29) is 12.1 Å². The lowest BCUT2D eigenvalue weighted by Crippen LogP contribution is -2.20. The number of halogens is 1. The highest BCUT2D eigenvalue weighted by molar-refractivity contribution is 6.30. The molecule has 1 rings (SSSR count). The van der Waals surface area contributed by atoms with Gasteiger partial charge < -0.3 is 10.5 Å². The first-order valence-electron chi connectivity index (χ1n) is 5.14. The maximum Gasteiger partial charge on any atom is 0.0662 e. The van der Waals surface area contributed by atoms with Gasteiger partial charge in [-0.3, -0.25) is 0 Å². The molecule has 0 fully saturated rings. The zero-order valence-corrected chi connectivity index (χ0v) is 10.2. The summed E-state index contributed by atoms with van der Waals surface area (Å²) in [6.07, 6.45) is 0.204. The third kappa shape index (κ3) is 3.82. The third-order valence-electron chi connectivity index (χ3n) is 2.25. The molecule has 15 heavy (non-hydrogen) atoms. The highest BCUT2D eigenvalue weighted by Gasteiger charge is 2.10. The van der Waals surface area contributed by atoms with Crippen LogP contribution in [0.15, 0.2) is 18.2 Å². The minimum Gasteiger partial charge on any atom is -0.377 e. The van der Waals surface area contributed by atoms with Crippen LogP contribution in [-0.2, 0) is 4.74 Å². The Balaban J connectivity index is 2.72. The van der Waals surface area contributed by atoms with Crippen molar-refractivity contribution >= 4 is 11.6 Å². The molecule has 0 saturated heterocycles. The Morgan fingerprint density at radius 2 is 2.07 bits per heavy atom. The summed E-state index contributed by atoms with van der Waals surface area (Å²) in [6.45, 7) is 6.55. The van der Waals surface area contributed by atoms with Crippen molar-refractivity contribution in [2.75, 3.05) is 6.61 Å². The van der Waals surface area contributed by atoms with Crippen LogP contribution >= 0.6 is 11.6 Å². The topological polar surface area (TPSA) is 35.2 Å². The Morgan fingerprint density at radius 1 is 1.40 bits per heavy atom. The fourth-order valence-electron chi connectivity index (χ4n) is 1.40. The molecule has 0 bridgehead atoms. The van der Waals surface area contributed by atoms with Crippen molar-refractivity contribution in [3.8, 4) is 0 Å². The summed E-state index contributed by atoms with van der Waals surface area (Å²) >= 11 is 5.93. The Morgan fingerprint density at radius 3 is 2.67 bits per heavy atom. The predicted molar refractivity (Wildman–Crippen MR) is 64.2 cm³/mol. The van der Waals surface area contributed by atoms with Crippen LogP contribution in [0.25, 0.3) is 0 Å². The summed E-state index contributed by atoms with van der Waals surface area (Å²) < 4.78 is 5.48. The summed E-state index contributed by atoms with van der Waals surface area (Å²) in [6, 6.07) is 5.65. The third-order valence-corrected chi connectivity index (χ3v) is 2.48. The van der Waals surface area contributed by atoms with Gasteiger partial charge in [0, 0.05) is 5.02 Å². The van der Waals surface area contributed by atoms with Gasteiger partial charge >= 0.3 is 0 Å². The average Bonchev–Trinajstić information content (AvgIpc) is 2.18. The van der Waals surface area contributed by atoms with Crippen molar-refractivity contribution in [1.82, 2.24) is 0 Å². The number of nitrogens with two attached hydrogens (primary N) is 1. The van der Waals surface area contributed by atoms with Crippen LogP contribution in [0.5, 0.6) is 0 Å². The van der Waals surface area contributed by atoms with Crippen molar-refractivity contribution in [3.05, 3.63) is 34.3 Å². The molecule has 0 spiro atoms. The van der Waals surface area contributed by atoms with E-state index in [1.807, 2.05) is 39.0 Å². The van der Waals surface area contributed by atoms with Gasteiger partial charge in [-0.05, 0) is 44.0 Å². The first-order valence-corrected chi connectivity index (χ1v) is 5.51. The van der Waals surface area contributed by atoms with Gasteiger partial charge in [-0.15, -0.1) is 0 Å². The molecule has 1 aromatic carbocycles. The van der Waals surface area contributed by atoms with Gasteiger partial charge in [0.2, 0.25) is 0 Å². The molecular formula is C12H18ClNO. The highest BCUT2D eigenvalue weighted by Crippen LogP contribution is 2.20. The van der Waals surface area contributed by atoms with E-state index in [2.05, 4.69) is 0 Å². The van der Waals surface area contributed by atoms with Gasteiger partial charge in [0.15, 0.2) is 0 Å². The molecule has 0 aliphatic heterocycles. The Kier molecular flexibility index (Phi) is 4.58. The van der Waals surface area contributed by atoms with E-state index in [4.69, 9.17) is 22.1 Å². The molecule has 0 amide bonds. The molecule has 0 aliphatic carbocycles. The molecule has 84 valence electrons. The van der Waals surface area contributed by atoms with Gasteiger partial charge in [0.05, 0.1) is 18.8 Å². The fourth-order valence-corrected chi connectivity index (χ4v) is 1.58. The molecular weight excluding hydrogens is 210 g/mol. The largest absolute Gasteiger partial charge is 0.377 e. The highest BCUT2D eigenvalue weighted by atomic mass is 35.5. The molecule has 1 aromatic rings. The number of rotatable bonds is 4. The summed E-state index contributed by atoms with van der Waals surface area (Å²) in [5.74, 6) is 0. The minimum atomic E-state index is -0.105. The van der Waals surface area contributed by atoms with Gasteiger partial charge in [-0.2, -0.15) is 0 Å². The van der Waals surface area contributed by atoms with Crippen molar-refractivity contribution < 1.29 is 4.74 Å². The summed E-state index contributed by atoms with van der Waals surface area (Å²) in [7, 11) is 0. The lowest BCUT2D eigenvalue weighted by molar-refractivity contribution is 0.0682. The quantitative estimate of drug-likeness (QED) is 0.858. The number of aryl methyl sites for hydroxylation is 1. The monoisotopic (exact) mass is 227 g/mol. The molecule has 0 aromatic heterocycles. The maximum absolute atomic E-state index is 6.03. The Hall–Kier alpha value is -0.570. The smallest absolute Gasteiger partial charge is 0.0662 e. The molecule has 2 nitrogen and oxygen atoms in total. The van der Waals surface area contributed by atoms with Crippen LogP contribution in [0, 0.1) is 6.92 Å². The predicted octanol–water partition coefficient (Wildman–Crippen LogP) is 3.07. The van der Waals surface area contributed by atoms with Gasteiger partial charge in [-0.1, -0.05) is 17.7 Å². The molecule has 2 N–H and O–H groups in total. The zero-order valence-electron chi connectivity index (χ0n) is 9.46. The number of hydrogen-bond acceptors (Lipinski definition) is 2. The molecule has 1 unspecified atom stereocenters. The fraction of sp³-hybridized carbons (Fsp3) is 0.500. The molecule has 0 saturated carbocycles. The second kappa shape index (κ2) is 5.50. The van der Waals surface area contributed by atoms with Gasteiger partial charge in [0.25, 0.3) is 0 Å². The van der Waals surface area contributed by atoms with Crippen LogP contribution in [-0.4, -0.2) is 12.7 Å². The molecule has 1 atom stereocenters. The van der Waals surface area contributed by atoms with Crippen molar-refractivity contribution in [2.45, 2.75) is 32.9 Å². The van der Waals surface area contributed by atoms with E-state index < -0.39 is 0 Å². The lowest BCUT2D eigenvalue weighted by atomic mass is 10.0. The molecule has 0 aliphatic rings. The van der Waals surface area contributed by atoms with Crippen LogP contribution in [0.2, 0.25) is 5.02 Å². The van der Waals surface area contributed by atoms with Gasteiger partial charge in [0.1, 0.15) is 0 Å². The maximum atomic E-state index is 6.03. The van der Waals surface area contributed by atoms with Crippen LogP contribution in [0.1, 0.15) is 31.0 Å². The lowest BCUT2D eigenvalue weighted by Gasteiger charge is -2.17. The van der Waals surface area contributed by atoms with E-state index in [1.54, 1.807) is 0 Å². The SMILES string of the molecule is Cc1ccc(Cl)cc1C(N)COC(C)C. The molecule has 0 radical (unpaired) electrons. The molecule has 0 heterocycles. The van der Waals surface area contributed by atoms with Crippen molar-refractivity contribution in [3.63, 3.8) is 0 Å². The Bertz CT molecular complexity index is 325. The van der Waals surface area contributed by atoms with Crippen LogP contribution in [0.3, 0.4) is 0 Å². The second-order valence-corrected chi connectivity index (χ2v) is 4.43. The number of ether oxygens (including phenoxy) is 1. The van der Waals surface area contributed by atoms with Crippen LogP contribution in [0.4, 0.5) is 0 Å². The number of benzene rings is 1. The Labute approximate surface area is 96.4 Å². The van der Waals surface area contributed by atoms with E-state index in [1.165, 1.54) is 0 Å². The summed E-state index contributed by atoms with van der Waals surface area (Å²) in [5, 5.41) is 0.718. The van der Waals surface area contributed by atoms with Crippen molar-refractivity contribution in [2.24, 2.45) is 5.73 Å². The minimum absolute atomic E-state index is 0.105.